The van der Waals surface area contributed by atoms with E-state index in [1.54, 1.807) is 7.11 Å². The van der Waals surface area contributed by atoms with Crippen LogP contribution in [0.4, 0.5) is 0 Å². The summed E-state index contributed by atoms with van der Waals surface area (Å²) in [6.07, 6.45) is 0.812. The zero-order valence-electron chi connectivity index (χ0n) is 15.3. The van der Waals surface area contributed by atoms with E-state index in [9.17, 15) is 5.11 Å². The molecule has 23 heavy (non-hydrogen) atoms. The maximum absolute atomic E-state index is 10.2. The molecule has 0 aromatic heterocycles. The predicted octanol–water partition coefficient (Wildman–Crippen LogP) is 3.33. The monoisotopic (exact) mass is 323 g/mol. The van der Waals surface area contributed by atoms with Crippen LogP contribution in [0.15, 0.2) is 24.3 Å². The van der Waals surface area contributed by atoms with Crippen molar-refractivity contribution in [1.82, 2.24) is 4.90 Å². The highest BCUT2D eigenvalue weighted by atomic mass is 16.5. The van der Waals surface area contributed by atoms with Gasteiger partial charge in [0.25, 0.3) is 0 Å². The van der Waals surface area contributed by atoms with Gasteiger partial charge in [0.05, 0.1) is 25.9 Å². The van der Waals surface area contributed by atoms with Crippen molar-refractivity contribution in [2.75, 3.05) is 26.8 Å². The quantitative estimate of drug-likeness (QED) is 0.678. The van der Waals surface area contributed by atoms with Crippen LogP contribution in [-0.2, 0) is 11.3 Å². The molecule has 0 aliphatic heterocycles. The molecule has 0 saturated carbocycles. The maximum atomic E-state index is 10.2. The lowest BCUT2D eigenvalue weighted by molar-refractivity contribution is -0.00997. The lowest BCUT2D eigenvalue weighted by Gasteiger charge is -2.26. The fourth-order valence-electron chi connectivity index (χ4n) is 2.32. The third-order valence-corrected chi connectivity index (χ3v) is 3.68. The second-order valence-electron chi connectivity index (χ2n) is 6.80. The number of aliphatic hydroxyl groups excluding tert-OH is 1. The van der Waals surface area contributed by atoms with Gasteiger partial charge in [-0.2, -0.15) is 0 Å². The molecule has 1 aromatic rings. The van der Waals surface area contributed by atoms with Crippen LogP contribution in [0.1, 0.15) is 39.7 Å². The minimum Gasteiger partial charge on any atom is -0.497 e. The highest BCUT2D eigenvalue weighted by molar-refractivity contribution is 5.27. The topological polar surface area (TPSA) is 41.9 Å². The Labute approximate surface area is 141 Å². The van der Waals surface area contributed by atoms with E-state index in [4.69, 9.17) is 9.47 Å². The summed E-state index contributed by atoms with van der Waals surface area (Å²) in [4.78, 5) is 2.30. The van der Waals surface area contributed by atoms with Crippen molar-refractivity contribution in [2.45, 2.75) is 52.9 Å². The first-order valence-corrected chi connectivity index (χ1v) is 8.55. The minimum absolute atomic E-state index is 0.148. The maximum Gasteiger partial charge on any atom is 0.118 e. The van der Waals surface area contributed by atoms with Crippen LogP contribution in [0.3, 0.4) is 0 Å². The van der Waals surface area contributed by atoms with Gasteiger partial charge >= 0.3 is 0 Å². The summed E-state index contributed by atoms with van der Waals surface area (Å²) < 4.78 is 10.7. The zero-order valence-corrected chi connectivity index (χ0v) is 15.3. The number of hydrogen-bond donors (Lipinski definition) is 1. The fourth-order valence-corrected chi connectivity index (χ4v) is 2.32. The Bertz CT molecular complexity index is 417. The number of rotatable bonds is 11. The molecule has 1 unspecified atom stereocenters. The second-order valence-corrected chi connectivity index (χ2v) is 6.80. The smallest absolute Gasteiger partial charge is 0.118 e. The summed E-state index contributed by atoms with van der Waals surface area (Å²) >= 11 is 0. The van der Waals surface area contributed by atoms with E-state index in [2.05, 4.69) is 30.9 Å². The molecular weight excluding hydrogens is 290 g/mol. The van der Waals surface area contributed by atoms with Gasteiger partial charge in [-0.1, -0.05) is 26.0 Å². The van der Waals surface area contributed by atoms with E-state index >= 15 is 0 Å². The first kappa shape index (κ1) is 19.9. The molecule has 1 N–H and O–H groups in total. The van der Waals surface area contributed by atoms with Crippen LogP contribution in [-0.4, -0.2) is 49.0 Å². The number of nitrogens with zero attached hydrogens (tertiary/aromatic N) is 1. The van der Waals surface area contributed by atoms with E-state index in [0.29, 0.717) is 19.1 Å². The highest BCUT2D eigenvalue weighted by Gasteiger charge is 2.14. The van der Waals surface area contributed by atoms with Crippen molar-refractivity contribution in [2.24, 2.45) is 5.92 Å². The number of ether oxygens (including phenoxy) is 2. The SMILES string of the molecule is COc1ccc(CN(CCC(C)C)CC(O)COC(C)C)cc1. The van der Waals surface area contributed by atoms with E-state index in [1.165, 1.54) is 5.56 Å². The van der Waals surface area contributed by atoms with Gasteiger partial charge in [0.2, 0.25) is 0 Å². The van der Waals surface area contributed by atoms with Crippen molar-refractivity contribution in [3.8, 4) is 5.75 Å². The van der Waals surface area contributed by atoms with Gasteiger partial charge in [0.15, 0.2) is 0 Å². The van der Waals surface area contributed by atoms with Crippen LogP contribution in [0.5, 0.6) is 5.75 Å². The molecule has 0 radical (unpaired) electrons. The Morgan fingerprint density at radius 2 is 1.74 bits per heavy atom. The molecule has 0 amide bonds. The van der Waals surface area contributed by atoms with Gasteiger partial charge in [0, 0.05) is 13.1 Å². The lowest BCUT2D eigenvalue weighted by Crippen LogP contribution is -2.36. The molecule has 0 aliphatic rings. The van der Waals surface area contributed by atoms with Crippen molar-refractivity contribution in [3.05, 3.63) is 29.8 Å². The summed E-state index contributed by atoms with van der Waals surface area (Å²) in [7, 11) is 1.68. The van der Waals surface area contributed by atoms with Gasteiger partial charge < -0.3 is 14.6 Å². The second kappa shape index (κ2) is 10.6. The normalized spacial score (nSPS) is 13.1. The molecule has 0 fully saturated rings. The van der Waals surface area contributed by atoms with Crippen molar-refractivity contribution in [3.63, 3.8) is 0 Å². The standard InChI is InChI=1S/C19H33NO3/c1-15(2)10-11-20(13-18(21)14-23-16(3)4)12-17-6-8-19(22-5)9-7-17/h6-9,15-16,18,21H,10-14H2,1-5H3. The first-order valence-electron chi connectivity index (χ1n) is 8.55. The average molecular weight is 323 g/mol. The van der Waals surface area contributed by atoms with Crippen molar-refractivity contribution in [1.29, 1.82) is 0 Å². The zero-order chi connectivity index (χ0) is 17.2. The number of aliphatic hydroxyl groups is 1. The lowest BCUT2D eigenvalue weighted by atomic mass is 10.1. The summed E-state index contributed by atoms with van der Waals surface area (Å²) in [5, 5.41) is 10.2. The molecule has 4 heteroatoms. The molecule has 1 aromatic carbocycles. The molecule has 0 saturated heterocycles. The van der Waals surface area contributed by atoms with Crippen molar-refractivity contribution < 1.29 is 14.6 Å². The number of hydrogen-bond acceptors (Lipinski definition) is 4. The summed E-state index contributed by atoms with van der Waals surface area (Å²) in [5.41, 5.74) is 1.23. The molecule has 0 bridgehead atoms. The van der Waals surface area contributed by atoms with Crippen LogP contribution >= 0.6 is 0 Å². The van der Waals surface area contributed by atoms with E-state index in [1.807, 2.05) is 26.0 Å². The van der Waals surface area contributed by atoms with E-state index in [-0.39, 0.29) is 6.10 Å². The van der Waals surface area contributed by atoms with Gasteiger partial charge in [-0.3, -0.25) is 4.90 Å². The minimum atomic E-state index is -0.456. The molecule has 4 nitrogen and oxygen atoms in total. The molecule has 1 rings (SSSR count). The van der Waals surface area contributed by atoms with Crippen LogP contribution in [0.2, 0.25) is 0 Å². The molecule has 0 heterocycles. The van der Waals surface area contributed by atoms with Crippen LogP contribution in [0.25, 0.3) is 0 Å². The fraction of sp³-hybridized carbons (Fsp3) is 0.684. The average Bonchev–Trinajstić information content (AvgIpc) is 2.51. The Kier molecular flexibility index (Phi) is 9.22. The Morgan fingerprint density at radius 1 is 1.09 bits per heavy atom. The van der Waals surface area contributed by atoms with Gasteiger partial charge in [-0.25, -0.2) is 0 Å². The summed E-state index contributed by atoms with van der Waals surface area (Å²) in [5.74, 6) is 1.52. The number of methoxy groups -OCH3 is 1. The third-order valence-electron chi connectivity index (χ3n) is 3.68. The summed E-state index contributed by atoms with van der Waals surface area (Å²) in [6, 6.07) is 8.12. The van der Waals surface area contributed by atoms with E-state index < -0.39 is 6.10 Å². The van der Waals surface area contributed by atoms with Gasteiger partial charge in [-0.15, -0.1) is 0 Å². The Hall–Kier alpha value is -1.10. The van der Waals surface area contributed by atoms with Gasteiger partial charge in [0.1, 0.15) is 5.75 Å². The van der Waals surface area contributed by atoms with Crippen LogP contribution in [0, 0.1) is 5.92 Å². The Balaban J connectivity index is 2.59. The summed E-state index contributed by atoms with van der Waals surface area (Å²) in [6.45, 7) is 11.2. The van der Waals surface area contributed by atoms with E-state index in [0.717, 1.165) is 25.3 Å². The highest BCUT2D eigenvalue weighted by Crippen LogP contribution is 2.14. The third kappa shape index (κ3) is 8.94. The molecule has 0 aliphatic carbocycles. The molecule has 0 spiro atoms. The largest absolute Gasteiger partial charge is 0.497 e. The number of benzene rings is 1. The molecule has 132 valence electrons. The Morgan fingerprint density at radius 3 is 2.26 bits per heavy atom. The van der Waals surface area contributed by atoms with Crippen molar-refractivity contribution >= 4 is 0 Å². The predicted molar refractivity (Wildman–Crippen MR) is 94.8 cm³/mol. The van der Waals surface area contributed by atoms with Crippen LogP contribution < -0.4 is 4.74 Å². The van der Waals surface area contributed by atoms with Gasteiger partial charge in [-0.05, 0) is 50.4 Å². The molecular formula is C19H33NO3. The first-order chi connectivity index (χ1) is 10.9. The molecule has 1 atom stereocenters.